The van der Waals surface area contributed by atoms with Crippen LogP contribution in [-0.4, -0.2) is 39.9 Å². The predicted octanol–water partition coefficient (Wildman–Crippen LogP) is 4.28. The van der Waals surface area contributed by atoms with Crippen molar-refractivity contribution in [2.45, 2.75) is 31.5 Å². The number of benzene rings is 2. The van der Waals surface area contributed by atoms with Crippen LogP contribution in [-0.2, 0) is 0 Å². The summed E-state index contributed by atoms with van der Waals surface area (Å²) in [7, 11) is 0. The van der Waals surface area contributed by atoms with Crippen molar-refractivity contribution >= 4 is 22.5 Å². The molecule has 0 spiro atoms. The number of para-hydroxylation sites is 1. The maximum atomic E-state index is 14.2. The van der Waals surface area contributed by atoms with Crippen LogP contribution in [0.4, 0.5) is 16.0 Å². The molecule has 2 unspecified atom stereocenters. The van der Waals surface area contributed by atoms with E-state index >= 15 is 0 Å². The molecule has 2 fully saturated rings. The number of hydrogen-bond donors (Lipinski definition) is 2. The number of nitrogens with zero attached hydrogens (tertiary/aromatic N) is 4. The van der Waals surface area contributed by atoms with E-state index in [-0.39, 0.29) is 11.9 Å². The van der Waals surface area contributed by atoms with E-state index in [1.807, 2.05) is 35.9 Å². The van der Waals surface area contributed by atoms with Gasteiger partial charge in [0.25, 0.3) is 0 Å². The summed E-state index contributed by atoms with van der Waals surface area (Å²) >= 11 is 0. The zero-order valence-electron chi connectivity index (χ0n) is 17.9. The highest BCUT2D eigenvalue weighted by atomic mass is 19.1. The molecule has 2 aliphatic heterocycles. The van der Waals surface area contributed by atoms with Gasteiger partial charge in [-0.15, -0.1) is 5.10 Å². The number of pyridine rings is 1. The van der Waals surface area contributed by atoms with Crippen molar-refractivity contribution in [2.24, 2.45) is 0 Å². The summed E-state index contributed by atoms with van der Waals surface area (Å²) in [6.07, 6.45) is 2.95. The molecule has 2 N–H and O–H groups in total. The minimum atomic E-state index is -0.222. The third-order valence-electron chi connectivity index (χ3n) is 6.62. The van der Waals surface area contributed by atoms with Crippen LogP contribution < -0.4 is 15.5 Å². The molecule has 0 radical (unpaired) electrons. The van der Waals surface area contributed by atoms with Crippen LogP contribution in [0, 0.1) is 5.82 Å². The lowest BCUT2D eigenvalue weighted by atomic mass is 10.1. The van der Waals surface area contributed by atoms with Gasteiger partial charge in [-0.2, -0.15) is 0 Å². The van der Waals surface area contributed by atoms with Crippen molar-refractivity contribution in [3.05, 3.63) is 78.2 Å². The largest absolute Gasteiger partial charge is 0.363 e. The summed E-state index contributed by atoms with van der Waals surface area (Å²) in [6, 6.07) is 20.0. The predicted molar refractivity (Wildman–Crippen MR) is 125 cm³/mol. The Morgan fingerprint density at radius 3 is 2.78 bits per heavy atom. The van der Waals surface area contributed by atoms with Crippen LogP contribution in [0.1, 0.15) is 24.9 Å². The fraction of sp³-hybridized carbons (Fsp3) is 0.280. The standard InChI is InChI=1S/C25H25FN6/c1-16(20-6-2-4-8-22(20)26)29-24-13-18(10-11-27-24)32-23-9-5-3-7-21(23)25(30-32)31-15-17-12-19(31)14-28-17/h2-11,13,16-17,19,28H,12,14-15H2,1H3,(H,27,29)/t16-,17?,19?/m0/s1. The van der Waals surface area contributed by atoms with Crippen LogP contribution >= 0.6 is 0 Å². The third kappa shape index (κ3) is 3.20. The van der Waals surface area contributed by atoms with E-state index in [9.17, 15) is 4.39 Å². The molecule has 6 rings (SSSR count). The van der Waals surface area contributed by atoms with Crippen molar-refractivity contribution in [3.8, 4) is 5.69 Å². The molecule has 2 aliphatic rings. The third-order valence-corrected chi connectivity index (χ3v) is 6.62. The first-order chi connectivity index (χ1) is 15.7. The van der Waals surface area contributed by atoms with E-state index in [0.717, 1.165) is 35.5 Å². The van der Waals surface area contributed by atoms with Crippen molar-refractivity contribution in [2.75, 3.05) is 23.3 Å². The molecule has 0 amide bonds. The van der Waals surface area contributed by atoms with E-state index in [1.54, 1.807) is 18.3 Å². The maximum absolute atomic E-state index is 14.2. The summed E-state index contributed by atoms with van der Waals surface area (Å²) < 4.78 is 16.2. The zero-order valence-corrected chi connectivity index (χ0v) is 17.9. The molecule has 0 aliphatic carbocycles. The van der Waals surface area contributed by atoms with E-state index in [2.05, 4.69) is 38.7 Å². The summed E-state index contributed by atoms with van der Waals surface area (Å²) in [4.78, 5) is 6.91. The van der Waals surface area contributed by atoms with Crippen LogP contribution in [0.2, 0.25) is 0 Å². The zero-order chi connectivity index (χ0) is 21.7. The number of halogens is 1. The van der Waals surface area contributed by atoms with Gasteiger partial charge >= 0.3 is 0 Å². The first-order valence-corrected chi connectivity index (χ1v) is 11.1. The van der Waals surface area contributed by atoms with E-state index in [1.165, 1.54) is 12.5 Å². The molecule has 2 aromatic heterocycles. The summed E-state index contributed by atoms with van der Waals surface area (Å²) in [6.45, 7) is 3.95. The second-order valence-electron chi connectivity index (χ2n) is 8.69. The molecule has 162 valence electrons. The van der Waals surface area contributed by atoms with Crippen molar-refractivity contribution in [1.29, 1.82) is 0 Å². The smallest absolute Gasteiger partial charge is 0.159 e. The Morgan fingerprint density at radius 1 is 1.12 bits per heavy atom. The van der Waals surface area contributed by atoms with E-state index in [4.69, 9.17) is 5.10 Å². The molecule has 2 bridgehead atoms. The van der Waals surface area contributed by atoms with Crippen LogP contribution in [0.3, 0.4) is 0 Å². The van der Waals surface area contributed by atoms with Gasteiger partial charge in [-0.25, -0.2) is 14.1 Å². The molecule has 4 heterocycles. The lowest BCUT2D eigenvalue weighted by Crippen LogP contribution is -2.43. The van der Waals surface area contributed by atoms with E-state index < -0.39 is 0 Å². The quantitative estimate of drug-likeness (QED) is 0.497. The fourth-order valence-corrected chi connectivity index (χ4v) is 5.03. The SMILES string of the molecule is C[C@H](Nc1cc(-n2nc(N3CC4CC3CN4)c3ccccc32)ccn1)c1ccccc1F. The van der Waals surface area contributed by atoms with Crippen molar-refractivity contribution in [3.63, 3.8) is 0 Å². The second kappa shape index (κ2) is 7.60. The first kappa shape index (κ1) is 19.3. The van der Waals surface area contributed by atoms with Gasteiger partial charge in [-0.05, 0) is 37.6 Å². The van der Waals surface area contributed by atoms with Crippen molar-refractivity contribution in [1.82, 2.24) is 20.1 Å². The number of nitrogens with one attached hydrogen (secondary N) is 2. The van der Waals surface area contributed by atoms with Gasteiger partial charge in [0, 0.05) is 48.4 Å². The average Bonchev–Trinajstić information content (AvgIpc) is 3.54. The Bertz CT molecular complexity index is 1280. The van der Waals surface area contributed by atoms with Crippen LogP contribution in [0.5, 0.6) is 0 Å². The monoisotopic (exact) mass is 428 g/mol. The first-order valence-electron chi connectivity index (χ1n) is 11.1. The Kier molecular flexibility index (Phi) is 4.57. The fourth-order valence-electron chi connectivity index (χ4n) is 5.03. The average molecular weight is 429 g/mol. The molecule has 7 heteroatoms. The highest BCUT2D eigenvalue weighted by Gasteiger charge is 2.39. The van der Waals surface area contributed by atoms with Crippen molar-refractivity contribution < 1.29 is 4.39 Å². The molecule has 0 saturated carbocycles. The van der Waals surface area contributed by atoms with Gasteiger partial charge in [0.2, 0.25) is 0 Å². The number of fused-ring (bicyclic) bond motifs is 3. The number of piperazine rings is 1. The van der Waals surface area contributed by atoms with Crippen LogP contribution in [0.25, 0.3) is 16.6 Å². The summed E-state index contributed by atoms with van der Waals surface area (Å²) in [5, 5.41) is 13.1. The number of anilines is 2. The molecule has 32 heavy (non-hydrogen) atoms. The topological polar surface area (TPSA) is 58.0 Å². The highest BCUT2D eigenvalue weighted by Crippen LogP contribution is 2.35. The summed E-state index contributed by atoms with van der Waals surface area (Å²) in [5.74, 6) is 1.50. The molecule has 2 saturated heterocycles. The van der Waals surface area contributed by atoms with Gasteiger partial charge in [-0.3, -0.25) is 0 Å². The second-order valence-corrected chi connectivity index (χ2v) is 8.69. The van der Waals surface area contributed by atoms with E-state index in [0.29, 0.717) is 23.5 Å². The molecular formula is C25H25FN6. The lowest BCUT2D eigenvalue weighted by molar-refractivity contribution is 0.575. The molecular weight excluding hydrogens is 403 g/mol. The van der Waals surface area contributed by atoms with Gasteiger partial charge < -0.3 is 15.5 Å². The Labute approximate surface area is 186 Å². The Morgan fingerprint density at radius 2 is 1.97 bits per heavy atom. The number of rotatable bonds is 5. The number of aromatic nitrogens is 3. The molecule has 4 aromatic rings. The molecule has 2 aromatic carbocycles. The lowest BCUT2D eigenvalue weighted by Gasteiger charge is -2.27. The minimum Gasteiger partial charge on any atom is -0.363 e. The molecule has 6 nitrogen and oxygen atoms in total. The normalized spacial score (nSPS) is 20.8. The summed E-state index contributed by atoms with van der Waals surface area (Å²) in [5.41, 5.74) is 2.61. The van der Waals surface area contributed by atoms with Gasteiger partial charge in [-0.1, -0.05) is 30.3 Å². The highest BCUT2D eigenvalue weighted by molar-refractivity contribution is 5.92. The van der Waals surface area contributed by atoms with Gasteiger partial charge in [0.1, 0.15) is 11.6 Å². The van der Waals surface area contributed by atoms with Gasteiger partial charge in [0.05, 0.1) is 17.2 Å². The Balaban J connectivity index is 1.35. The van der Waals surface area contributed by atoms with Crippen LogP contribution in [0.15, 0.2) is 66.9 Å². The number of hydrogen-bond acceptors (Lipinski definition) is 5. The van der Waals surface area contributed by atoms with Gasteiger partial charge in [0.15, 0.2) is 5.82 Å². The molecule has 3 atom stereocenters. The Hall–Kier alpha value is -3.45. The minimum absolute atomic E-state index is 0.212. The maximum Gasteiger partial charge on any atom is 0.159 e.